The Bertz CT molecular complexity index is 1140. The van der Waals surface area contributed by atoms with Crippen molar-refractivity contribution in [2.75, 3.05) is 4.90 Å². The summed E-state index contributed by atoms with van der Waals surface area (Å²) in [4.78, 5) is 29.2. The van der Waals surface area contributed by atoms with Crippen molar-refractivity contribution < 1.29 is 9.59 Å². The topological polar surface area (TPSA) is 54.3 Å². The third kappa shape index (κ3) is 3.23. The molecule has 5 heteroatoms. The zero-order chi connectivity index (χ0) is 21.6. The van der Waals surface area contributed by atoms with Crippen molar-refractivity contribution in [3.05, 3.63) is 65.9 Å². The van der Waals surface area contributed by atoms with Crippen molar-refractivity contribution in [3.63, 3.8) is 0 Å². The highest BCUT2D eigenvalue weighted by molar-refractivity contribution is 6.14. The summed E-state index contributed by atoms with van der Waals surface area (Å²) in [7, 11) is 0. The number of hydrogen-bond acceptors (Lipinski definition) is 2. The molecule has 1 atom stereocenters. The average Bonchev–Trinajstić information content (AvgIpc) is 3.42. The minimum atomic E-state index is -1.01. The third-order valence-corrected chi connectivity index (χ3v) is 6.97. The SMILES string of the molecule is CCc1ccc(N2C(=O)c3cc4ccccc4n3CC2(C)C(=O)NC2CCCC2)cc1. The van der Waals surface area contributed by atoms with Gasteiger partial charge in [0.15, 0.2) is 0 Å². The minimum absolute atomic E-state index is 0.0734. The molecule has 1 saturated carbocycles. The first-order valence-corrected chi connectivity index (χ1v) is 11.3. The summed E-state index contributed by atoms with van der Waals surface area (Å²) in [6.45, 7) is 4.44. The molecule has 31 heavy (non-hydrogen) atoms. The molecule has 1 N–H and O–H groups in total. The number of amides is 2. The van der Waals surface area contributed by atoms with Gasteiger partial charge in [-0.05, 0) is 56.0 Å². The predicted molar refractivity (Wildman–Crippen MR) is 123 cm³/mol. The van der Waals surface area contributed by atoms with Crippen LogP contribution in [0.4, 0.5) is 5.69 Å². The van der Waals surface area contributed by atoms with Gasteiger partial charge >= 0.3 is 0 Å². The molecule has 160 valence electrons. The van der Waals surface area contributed by atoms with Crippen molar-refractivity contribution in [3.8, 4) is 0 Å². The molecule has 2 aliphatic rings. The lowest BCUT2D eigenvalue weighted by molar-refractivity contribution is -0.127. The van der Waals surface area contributed by atoms with E-state index in [0.29, 0.717) is 12.2 Å². The van der Waals surface area contributed by atoms with Crippen LogP contribution in [0.3, 0.4) is 0 Å². The summed E-state index contributed by atoms with van der Waals surface area (Å²) in [5.74, 6) is -0.202. The van der Waals surface area contributed by atoms with Crippen LogP contribution >= 0.6 is 0 Å². The number of nitrogens with one attached hydrogen (secondary N) is 1. The van der Waals surface area contributed by atoms with Gasteiger partial charge in [0, 0.05) is 22.6 Å². The molecule has 0 bridgehead atoms. The zero-order valence-electron chi connectivity index (χ0n) is 18.2. The fourth-order valence-corrected chi connectivity index (χ4v) is 5.14. The van der Waals surface area contributed by atoms with Crippen molar-refractivity contribution in [2.24, 2.45) is 0 Å². The van der Waals surface area contributed by atoms with E-state index in [0.717, 1.165) is 48.7 Å². The zero-order valence-corrected chi connectivity index (χ0v) is 18.2. The molecule has 2 amide bonds. The van der Waals surface area contributed by atoms with Gasteiger partial charge in [-0.15, -0.1) is 0 Å². The monoisotopic (exact) mass is 415 g/mol. The average molecular weight is 416 g/mol. The Kier molecular flexibility index (Phi) is 4.84. The smallest absolute Gasteiger partial charge is 0.275 e. The molecule has 1 aromatic heterocycles. The van der Waals surface area contributed by atoms with Crippen molar-refractivity contribution in [1.29, 1.82) is 0 Å². The van der Waals surface area contributed by atoms with E-state index in [1.807, 2.05) is 66.1 Å². The van der Waals surface area contributed by atoms with Crippen LogP contribution in [0.2, 0.25) is 0 Å². The molecule has 3 aromatic rings. The van der Waals surface area contributed by atoms with Crippen molar-refractivity contribution in [1.82, 2.24) is 9.88 Å². The molecule has 1 unspecified atom stereocenters. The Morgan fingerprint density at radius 1 is 1.10 bits per heavy atom. The van der Waals surface area contributed by atoms with Gasteiger partial charge in [-0.25, -0.2) is 0 Å². The largest absolute Gasteiger partial charge is 0.351 e. The number of para-hydroxylation sites is 1. The van der Waals surface area contributed by atoms with E-state index in [2.05, 4.69) is 12.2 Å². The Morgan fingerprint density at radius 3 is 2.52 bits per heavy atom. The number of benzene rings is 2. The van der Waals surface area contributed by atoms with Gasteiger partial charge < -0.3 is 9.88 Å². The molecule has 5 rings (SSSR count). The fourth-order valence-electron chi connectivity index (χ4n) is 5.14. The van der Waals surface area contributed by atoms with Gasteiger partial charge in [0.1, 0.15) is 11.2 Å². The maximum absolute atomic E-state index is 13.8. The summed E-state index contributed by atoms with van der Waals surface area (Å²) in [5.41, 5.74) is 2.59. The number of carbonyl (C=O) groups excluding carboxylic acids is 2. The molecule has 5 nitrogen and oxygen atoms in total. The van der Waals surface area contributed by atoms with E-state index in [-0.39, 0.29) is 17.9 Å². The van der Waals surface area contributed by atoms with E-state index >= 15 is 0 Å². The van der Waals surface area contributed by atoms with E-state index in [4.69, 9.17) is 0 Å². The van der Waals surface area contributed by atoms with Crippen LogP contribution in [0.1, 0.15) is 55.6 Å². The second-order valence-corrected chi connectivity index (χ2v) is 9.06. The molecule has 2 heterocycles. The van der Waals surface area contributed by atoms with E-state index in [1.54, 1.807) is 4.90 Å². The molecular formula is C26H29N3O2. The fraction of sp³-hybridized carbons (Fsp3) is 0.385. The van der Waals surface area contributed by atoms with Gasteiger partial charge in [0.2, 0.25) is 5.91 Å². The van der Waals surface area contributed by atoms with Crippen molar-refractivity contribution in [2.45, 2.75) is 64.1 Å². The Labute approximate surface area is 183 Å². The van der Waals surface area contributed by atoms with Gasteiger partial charge in [-0.1, -0.05) is 50.1 Å². The predicted octanol–water partition coefficient (Wildman–Crippen LogP) is 4.68. The standard InChI is InChI=1S/C26H29N3O2/c1-3-18-12-14-21(15-13-18)29-24(30)23-16-19-8-4-7-11-22(19)28(23)17-26(29,2)25(31)27-20-9-5-6-10-20/h4,7-8,11-16,20H,3,5-6,9-10,17H2,1-2H3,(H,27,31). The number of nitrogens with zero attached hydrogens (tertiary/aromatic N) is 2. The Balaban J connectivity index is 1.62. The number of carbonyl (C=O) groups is 2. The number of fused-ring (bicyclic) bond motifs is 3. The highest BCUT2D eigenvalue weighted by Gasteiger charge is 2.49. The van der Waals surface area contributed by atoms with Crippen LogP contribution in [0.5, 0.6) is 0 Å². The highest BCUT2D eigenvalue weighted by Crippen LogP contribution is 2.36. The van der Waals surface area contributed by atoms with E-state index in [1.165, 1.54) is 5.56 Å². The maximum Gasteiger partial charge on any atom is 0.275 e. The van der Waals surface area contributed by atoms with Crippen LogP contribution in [0.15, 0.2) is 54.6 Å². The second kappa shape index (κ2) is 7.56. The summed E-state index contributed by atoms with van der Waals surface area (Å²) in [5, 5.41) is 4.28. The number of hydrogen-bond donors (Lipinski definition) is 1. The normalized spacial score (nSPS) is 21.5. The molecule has 1 aliphatic carbocycles. The molecule has 0 radical (unpaired) electrons. The summed E-state index contributed by atoms with van der Waals surface area (Å²) in [6.07, 6.45) is 5.25. The Hall–Kier alpha value is -3.08. The first kappa shape index (κ1) is 19.9. The number of aromatic nitrogens is 1. The number of rotatable bonds is 4. The molecular weight excluding hydrogens is 386 g/mol. The molecule has 2 aromatic carbocycles. The number of aryl methyl sites for hydroxylation is 1. The van der Waals surface area contributed by atoms with Crippen molar-refractivity contribution >= 4 is 28.4 Å². The summed E-state index contributed by atoms with van der Waals surface area (Å²) >= 11 is 0. The quantitative estimate of drug-likeness (QED) is 0.673. The minimum Gasteiger partial charge on any atom is -0.351 e. The summed E-state index contributed by atoms with van der Waals surface area (Å²) < 4.78 is 2.02. The van der Waals surface area contributed by atoms with E-state index < -0.39 is 5.54 Å². The second-order valence-electron chi connectivity index (χ2n) is 9.06. The lowest BCUT2D eigenvalue weighted by Crippen LogP contribution is -2.65. The molecule has 0 saturated heterocycles. The van der Waals surface area contributed by atoms with Crippen LogP contribution in [-0.2, 0) is 17.8 Å². The van der Waals surface area contributed by atoms with Gasteiger partial charge in [-0.2, -0.15) is 0 Å². The molecule has 0 spiro atoms. The Morgan fingerprint density at radius 2 is 1.81 bits per heavy atom. The van der Waals surface area contributed by atoms with Gasteiger partial charge in [0.05, 0.1) is 6.54 Å². The van der Waals surface area contributed by atoms with Gasteiger partial charge in [-0.3, -0.25) is 14.5 Å². The number of anilines is 1. The first-order valence-electron chi connectivity index (χ1n) is 11.3. The third-order valence-electron chi connectivity index (χ3n) is 6.97. The van der Waals surface area contributed by atoms with Crippen LogP contribution < -0.4 is 10.2 Å². The van der Waals surface area contributed by atoms with Crippen LogP contribution in [0, 0.1) is 0 Å². The highest BCUT2D eigenvalue weighted by atomic mass is 16.2. The molecule has 1 fully saturated rings. The molecule has 1 aliphatic heterocycles. The van der Waals surface area contributed by atoms with E-state index in [9.17, 15) is 9.59 Å². The maximum atomic E-state index is 13.8. The van der Waals surface area contributed by atoms with Crippen LogP contribution in [0.25, 0.3) is 10.9 Å². The first-order chi connectivity index (χ1) is 15.0. The van der Waals surface area contributed by atoms with Gasteiger partial charge in [0.25, 0.3) is 5.91 Å². The van der Waals surface area contributed by atoms with Crippen LogP contribution in [-0.4, -0.2) is 28.0 Å². The lowest BCUT2D eigenvalue weighted by Gasteiger charge is -2.44. The lowest BCUT2D eigenvalue weighted by atomic mass is 9.93. The summed E-state index contributed by atoms with van der Waals surface area (Å²) in [6, 6.07) is 18.2.